The van der Waals surface area contributed by atoms with Crippen molar-refractivity contribution in [3.63, 3.8) is 0 Å². The van der Waals surface area contributed by atoms with E-state index in [1.165, 1.54) is 0 Å². The zero-order valence-electron chi connectivity index (χ0n) is 15.5. The maximum Gasteiger partial charge on any atom is 0.198 e. The van der Waals surface area contributed by atoms with E-state index in [1.807, 2.05) is 51.2 Å². The smallest absolute Gasteiger partial charge is 0.198 e. The maximum atomic E-state index is 13.2. The topological polar surface area (TPSA) is 74.3 Å². The molecule has 1 aliphatic rings. The van der Waals surface area contributed by atoms with Gasteiger partial charge in [0.2, 0.25) is 0 Å². The fraction of sp³-hybridized carbons (Fsp3) is 0.227. The number of rotatable bonds is 2. The Morgan fingerprint density at radius 3 is 2.70 bits per heavy atom. The van der Waals surface area contributed by atoms with E-state index < -0.39 is 6.10 Å². The molecule has 0 radical (unpaired) electrons. The number of ketones is 1. The molecule has 0 amide bonds. The second-order valence-electron chi connectivity index (χ2n) is 7.75. The number of aromatic amines is 1. The van der Waals surface area contributed by atoms with Gasteiger partial charge in [0.05, 0.1) is 11.1 Å². The highest BCUT2D eigenvalue weighted by molar-refractivity contribution is 6.12. The average Bonchev–Trinajstić information content (AvgIpc) is 3.08. The van der Waals surface area contributed by atoms with Gasteiger partial charge in [-0.05, 0) is 51.1 Å². The summed E-state index contributed by atoms with van der Waals surface area (Å²) in [5.41, 5.74) is 2.24. The summed E-state index contributed by atoms with van der Waals surface area (Å²) in [7, 11) is 0. The number of ether oxygens (including phenoxy) is 1. The Morgan fingerprint density at radius 2 is 1.93 bits per heavy atom. The van der Waals surface area contributed by atoms with Gasteiger partial charge in [-0.1, -0.05) is 12.1 Å². The number of phenols is 1. The van der Waals surface area contributed by atoms with Crippen LogP contribution in [0.3, 0.4) is 0 Å². The molecule has 0 fully saturated rings. The molecule has 0 aliphatic carbocycles. The quantitative estimate of drug-likeness (QED) is 0.588. The van der Waals surface area contributed by atoms with Crippen molar-refractivity contribution in [1.29, 1.82) is 0 Å². The van der Waals surface area contributed by atoms with E-state index in [0.29, 0.717) is 22.4 Å². The monoisotopic (exact) mass is 362 g/mol. The van der Waals surface area contributed by atoms with E-state index in [2.05, 4.69) is 10.3 Å². The number of carbonyl (C=O) groups excluding carboxylic acids is 1. The normalized spacial score (nSPS) is 18.4. The standard InChI is InChI=1S/C22H22N2O3/c1-22(2,3)24-12-15-20(26)14-6-4-5-7-18(14)27-21(15)19-13-10-11-23-16(13)8-9-17(19)25/h4-12,21,23-25H,1-3H3/b15-12+. The molecule has 1 atom stereocenters. The highest BCUT2D eigenvalue weighted by Crippen LogP contribution is 2.43. The molecule has 2 heterocycles. The van der Waals surface area contributed by atoms with Gasteiger partial charge in [0, 0.05) is 34.4 Å². The number of para-hydroxylation sites is 1. The summed E-state index contributed by atoms with van der Waals surface area (Å²) in [6.07, 6.45) is 2.82. The van der Waals surface area contributed by atoms with Crippen LogP contribution in [-0.2, 0) is 0 Å². The zero-order chi connectivity index (χ0) is 19.2. The van der Waals surface area contributed by atoms with Crippen molar-refractivity contribution in [2.45, 2.75) is 32.4 Å². The predicted octanol–water partition coefficient (Wildman–Crippen LogP) is 4.46. The molecular weight excluding hydrogens is 340 g/mol. The van der Waals surface area contributed by atoms with E-state index >= 15 is 0 Å². The lowest BCUT2D eigenvalue weighted by atomic mass is 9.89. The summed E-state index contributed by atoms with van der Waals surface area (Å²) in [4.78, 5) is 16.4. The highest BCUT2D eigenvalue weighted by Gasteiger charge is 2.35. The number of H-pyrrole nitrogens is 1. The van der Waals surface area contributed by atoms with Gasteiger partial charge in [-0.25, -0.2) is 0 Å². The predicted molar refractivity (Wildman–Crippen MR) is 105 cm³/mol. The molecule has 1 aromatic heterocycles. The second-order valence-corrected chi connectivity index (χ2v) is 7.75. The Hall–Kier alpha value is -3.21. The summed E-state index contributed by atoms with van der Waals surface area (Å²) < 4.78 is 6.22. The van der Waals surface area contributed by atoms with Crippen LogP contribution in [0.4, 0.5) is 0 Å². The second kappa shape index (κ2) is 6.20. The van der Waals surface area contributed by atoms with E-state index in [-0.39, 0.29) is 17.1 Å². The fourth-order valence-electron chi connectivity index (χ4n) is 3.29. The van der Waals surface area contributed by atoms with Crippen molar-refractivity contribution < 1.29 is 14.6 Å². The van der Waals surface area contributed by atoms with Gasteiger partial charge in [0.15, 0.2) is 11.9 Å². The fourth-order valence-corrected chi connectivity index (χ4v) is 3.29. The van der Waals surface area contributed by atoms with Gasteiger partial charge >= 0.3 is 0 Å². The van der Waals surface area contributed by atoms with Crippen LogP contribution in [0.15, 0.2) is 60.4 Å². The summed E-state index contributed by atoms with van der Waals surface area (Å²) >= 11 is 0. The molecule has 5 heteroatoms. The first kappa shape index (κ1) is 17.2. The van der Waals surface area contributed by atoms with E-state index in [1.54, 1.807) is 24.4 Å². The molecule has 138 valence electrons. The van der Waals surface area contributed by atoms with E-state index in [9.17, 15) is 9.90 Å². The van der Waals surface area contributed by atoms with Crippen LogP contribution in [0.5, 0.6) is 11.5 Å². The van der Waals surface area contributed by atoms with E-state index in [4.69, 9.17) is 4.74 Å². The minimum absolute atomic E-state index is 0.0981. The van der Waals surface area contributed by atoms with Crippen LogP contribution in [0.1, 0.15) is 42.8 Å². The van der Waals surface area contributed by atoms with Crippen molar-refractivity contribution in [2.75, 3.05) is 0 Å². The Bertz CT molecular complexity index is 1060. The number of aromatic hydroxyl groups is 1. The minimum Gasteiger partial charge on any atom is -0.507 e. The van der Waals surface area contributed by atoms with Crippen LogP contribution in [0, 0.1) is 0 Å². The van der Waals surface area contributed by atoms with Crippen molar-refractivity contribution in [3.8, 4) is 11.5 Å². The zero-order valence-corrected chi connectivity index (χ0v) is 15.5. The van der Waals surface area contributed by atoms with Crippen LogP contribution in [-0.4, -0.2) is 21.4 Å². The van der Waals surface area contributed by atoms with Crippen LogP contribution in [0.2, 0.25) is 0 Å². The molecule has 0 spiro atoms. The van der Waals surface area contributed by atoms with Crippen molar-refractivity contribution in [2.24, 2.45) is 0 Å². The number of carbonyl (C=O) groups is 1. The molecule has 0 saturated heterocycles. The third kappa shape index (κ3) is 3.05. The number of hydrogen-bond donors (Lipinski definition) is 3. The van der Waals surface area contributed by atoms with Gasteiger partial charge in [-0.15, -0.1) is 0 Å². The largest absolute Gasteiger partial charge is 0.507 e. The molecule has 4 rings (SSSR count). The van der Waals surface area contributed by atoms with Crippen LogP contribution < -0.4 is 10.1 Å². The number of phenolic OH excluding ortho intramolecular Hbond substituents is 1. The van der Waals surface area contributed by atoms with Gasteiger partial charge in [0.1, 0.15) is 11.5 Å². The molecule has 3 aromatic rings. The number of aromatic nitrogens is 1. The first-order chi connectivity index (χ1) is 12.8. The summed E-state index contributed by atoms with van der Waals surface area (Å²) in [6, 6.07) is 12.5. The highest BCUT2D eigenvalue weighted by atomic mass is 16.5. The third-order valence-electron chi connectivity index (χ3n) is 4.60. The lowest BCUT2D eigenvalue weighted by Gasteiger charge is -2.30. The van der Waals surface area contributed by atoms with Crippen molar-refractivity contribution >= 4 is 16.7 Å². The molecular formula is C22H22N2O3. The number of hydrogen-bond acceptors (Lipinski definition) is 4. The number of benzene rings is 2. The average molecular weight is 362 g/mol. The molecule has 1 unspecified atom stereocenters. The van der Waals surface area contributed by atoms with Crippen molar-refractivity contribution in [1.82, 2.24) is 10.3 Å². The number of nitrogens with one attached hydrogen (secondary N) is 2. The summed E-state index contributed by atoms with van der Waals surface area (Å²) in [5.74, 6) is 0.513. The Kier molecular flexibility index (Phi) is 3.95. The molecule has 3 N–H and O–H groups in total. The lowest BCUT2D eigenvalue weighted by Crippen LogP contribution is -2.34. The Balaban J connectivity index is 1.92. The molecule has 0 bridgehead atoms. The van der Waals surface area contributed by atoms with Crippen molar-refractivity contribution in [3.05, 3.63) is 71.6 Å². The minimum atomic E-state index is -0.707. The summed E-state index contributed by atoms with van der Waals surface area (Å²) in [5, 5.41) is 14.7. The third-order valence-corrected chi connectivity index (χ3v) is 4.60. The first-order valence-corrected chi connectivity index (χ1v) is 8.92. The van der Waals surface area contributed by atoms with Gasteiger partial charge < -0.3 is 20.1 Å². The maximum absolute atomic E-state index is 13.2. The van der Waals surface area contributed by atoms with Crippen LogP contribution in [0.25, 0.3) is 10.9 Å². The summed E-state index contributed by atoms with van der Waals surface area (Å²) in [6.45, 7) is 6.06. The number of Topliss-reactive ketones (excluding diaryl/α,β-unsaturated/α-hetero) is 1. The molecule has 0 saturated carbocycles. The number of fused-ring (bicyclic) bond motifs is 2. The Morgan fingerprint density at radius 1 is 1.15 bits per heavy atom. The van der Waals surface area contributed by atoms with E-state index in [0.717, 1.165) is 10.9 Å². The van der Waals surface area contributed by atoms with Gasteiger partial charge in [-0.3, -0.25) is 4.79 Å². The molecule has 27 heavy (non-hydrogen) atoms. The molecule has 5 nitrogen and oxygen atoms in total. The first-order valence-electron chi connectivity index (χ1n) is 8.92. The van der Waals surface area contributed by atoms with Gasteiger partial charge in [0.25, 0.3) is 0 Å². The van der Waals surface area contributed by atoms with Crippen LogP contribution >= 0.6 is 0 Å². The molecule has 2 aromatic carbocycles. The Labute approximate surface area is 157 Å². The molecule has 1 aliphatic heterocycles. The lowest BCUT2D eigenvalue weighted by molar-refractivity contribution is 0.0959. The van der Waals surface area contributed by atoms with Gasteiger partial charge in [-0.2, -0.15) is 0 Å². The SMILES string of the molecule is CC(C)(C)N/C=C1\C(=O)c2ccccc2OC1c1c(O)ccc2[nH]ccc12.